The minimum absolute atomic E-state index is 0.154. The number of para-hydroxylation sites is 1. The Labute approximate surface area is 142 Å². The van der Waals surface area contributed by atoms with E-state index in [0.717, 1.165) is 51.1 Å². The van der Waals surface area contributed by atoms with Crippen molar-refractivity contribution >= 4 is 17.3 Å². The standard InChI is InChI=1S/C18H25FN2O3/c19-15-6-3-7-16(21-9-1-2-10-21)18(15)20-17(22)8-12-23-13-14-5-4-11-24-14/h3,6-7,14H,1-2,4-5,8-13H2,(H,20,22). The molecule has 0 saturated carbocycles. The highest BCUT2D eigenvalue weighted by atomic mass is 19.1. The van der Waals surface area contributed by atoms with Gasteiger partial charge in [-0.1, -0.05) is 6.07 Å². The minimum atomic E-state index is -0.395. The number of carbonyl (C=O) groups is 1. The number of anilines is 2. The molecule has 2 fully saturated rings. The average Bonchev–Trinajstić information content (AvgIpc) is 3.27. The Balaban J connectivity index is 1.50. The number of halogens is 1. The van der Waals surface area contributed by atoms with E-state index >= 15 is 0 Å². The van der Waals surface area contributed by atoms with Crippen molar-refractivity contribution in [1.29, 1.82) is 0 Å². The highest BCUT2D eigenvalue weighted by molar-refractivity contribution is 5.94. The average molecular weight is 336 g/mol. The number of hydrogen-bond donors (Lipinski definition) is 1. The summed E-state index contributed by atoms with van der Waals surface area (Å²) < 4.78 is 25.1. The molecule has 1 N–H and O–H groups in total. The van der Waals surface area contributed by atoms with Gasteiger partial charge < -0.3 is 19.7 Å². The van der Waals surface area contributed by atoms with Gasteiger partial charge in [-0.2, -0.15) is 0 Å². The van der Waals surface area contributed by atoms with Crippen LogP contribution in [0.2, 0.25) is 0 Å². The van der Waals surface area contributed by atoms with E-state index in [9.17, 15) is 9.18 Å². The van der Waals surface area contributed by atoms with Crippen molar-refractivity contribution in [3.63, 3.8) is 0 Å². The topological polar surface area (TPSA) is 50.8 Å². The third kappa shape index (κ3) is 4.45. The summed E-state index contributed by atoms with van der Waals surface area (Å²) in [6, 6.07) is 4.92. The van der Waals surface area contributed by atoms with Crippen molar-refractivity contribution in [2.24, 2.45) is 0 Å². The molecule has 5 nitrogen and oxygen atoms in total. The van der Waals surface area contributed by atoms with E-state index in [4.69, 9.17) is 9.47 Å². The van der Waals surface area contributed by atoms with Crippen LogP contribution in [0.1, 0.15) is 32.1 Å². The van der Waals surface area contributed by atoms with E-state index < -0.39 is 5.82 Å². The van der Waals surface area contributed by atoms with E-state index in [-0.39, 0.29) is 24.1 Å². The first-order valence-corrected chi connectivity index (χ1v) is 8.76. The van der Waals surface area contributed by atoms with Gasteiger partial charge in [0.25, 0.3) is 0 Å². The third-order valence-electron chi connectivity index (χ3n) is 4.50. The van der Waals surface area contributed by atoms with Crippen LogP contribution in [-0.2, 0) is 14.3 Å². The summed E-state index contributed by atoms with van der Waals surface area (Å²) >= 11 is 0. The van der Waals surface area contributed by atoms with Crippen LogP contribution in [0.3, 0.4) is 0 Å². The number of benzene rings is 1. The number of carbonyl (C=O) groups excluding carboxylic acids is 1. The van der Waals surface area contributed by atoms with Crippen LogP contribution in [0, 0.1) is 5.82 Å². The van der Waals surface area contributed by atoms with Crippen LogP contribution in [-0.4, -0.2) is 44.9 Å². The van der Waals surface area contributed by atoms with Gasteiger partial charge in [-0.05, 0) is 37.8 Å². The fourth-order valence-electron chi connectivity index (χ4n) is 3.22. The first kappa shape index (κ1) is 17.2. The van der Waals surface area contributed by atoms with Crippen LogP contribution in [0.15, 0.2) is 18.2 Å². The fraction of sp³-hybridized carbons (Fsp3) is 0.611. The summed E-state index contributed by atoms with van der Waals surface area (Å²) in [5.41, 5.74) is 1.05. The Hall–Kier alpha value is -1.66. The van der Waals surface area contributed by atoms with Crippen LogP contribution >= 0.6 is 0 Å². The third-order valence-corrected chi connectivity index (χ3v) is 4.50. The second-order valence-electron chi connectivity index (χ2n) is 6.34. The number of rotatable bonds is 7. The van der Waals surface area contributed by atoms with Gasteiger partial charge in [-0.3, -0.25) is 4.79 Å². The minimum Gasteiger partial charge on any atom is -0.378 e. The molecule has 0 bridgehead atoms. The lowest BCUT2D eigenvalue weighted by Gasteiger charge is -2.22. The smallest absolute Gasteiger partial charge is 0.226 e. The van der Waals surface area contributed by atoms with Crippen LogP contribution in [0.25, 0.3) is 0 Å². The van der Waals surface area contributed by atoms with Crippen molar-refractivity contribution in [1.82, 2.24) is 0 Å². The summed E-state index contributed by atoms with van der Waals surface area (Å²) in [5.74, 6) is -0.624. The van der Waals surface area contributed by atoms with Crippen molar-refractivity contribution in [2.45, 2.75) is 38.2 Å². The van der Waals surface area contributed by atoms with Crippen molar-refractivity contribution in [2.75, 3.05) is 43.1 Å². The molecule has 1 atom stereocenters. The van der Waals surface area contributed by atoms with Gasteiger partial charge in [0.15, 0.2) is 0 Å². The summed E-state index contributed by atoms with van der Waals surface area (Å²) in [4.78, 5) is 14.2. The molecule has 2 heterocycles. The van der Waals surface area contributed by atoms with Gasteiger partial charge in [0.1, 0.15) is 11.5 Å². The van der Waals surface area contributed by atoms with Crippen LogP contribution in [0.4, 0.5) is 15.8 Å². The van der Waals surface area contributed by atoms with Gasteiger partial charge in [0.05, 0.1) is 31.4 Å². The number of ether oxygens (including phenoxy) is 2. The molecule has 2 aliphatic heterocycles. The molecule has 6 heteroatoms. The molecule has 0 aliphatic carbocycles. The molecule has 132 valence electrons. The second kappa shape index (κ2) is 8.44. The number of nitrogens with zero attached hydrogens (tertiary/aromatic N) is 1. The van der Waals surface area contributed by atoms with Crippen LogP contribution < -0.4 is 10.2 Å². The summed E-state index contributed by atoms with van der Waals surface area (Å²) in [6.45, 7) is 3.43. The van der Waals surface area contributed by atoms with E-state index in [1.54, 1.807) is 6.07 Å². The van der Waals surface area contributed by atoms with Gasteiger partial charge in [0.2, 0.25) is 5.91 Å². The predicted molar refractivity (Wildman–Crippen MR) is 90.9 cm³/mol. The molecule has 2 aliphatic rings. The Morgan fingerprint density at radius 2 is 2.17 bits per heavy atom. The quantitative estimate of drug-likeness (QED) is 0.778. The van der Waals surface area contributed by atoms with Gasteiger partial charge in [0, 0.05) is 19.7 Å². The SMILES string of the molecule is O=C(CCOCC1CCCO1)Nc1c(F)cccc1N1CCCC1. The van der Waals surface area contributed by atoms with E-state index in [2.05, 4.69) is 10.2 Å². The summed E-state index contributed by atoms with van der Waals surface area (Å²) in [7, 11) is 0. The van der Waals surface area contributed by atoms with E-state index in [1.807, 2.05) is 6.07 Å². The highest BCUT2D eigenvalue weighted by Gasteiger charge is 2.20. The van der Waals surface area contributed by atoms with Crippen LogP contribution in [0.5, 0.6) is 0 Å². The Morgan fingerprint density at radius 3 is 2.92 bits per heavy atom. The van der Waals surface area contributed by atoms with E-state index in [0.29, 0.717) is 13.2 Å². The van der Waals surface area contributed by atoms with Crippen molar-refractivity contribution in [3.8, 4) is 0 Å². The zero-order valence-corrected chi connectivity index (χ0v) is 13.9. The second-order valence-corrected chi connectivity index (χ2v) is 6.34. The van der Waals surface area contributed by atoms with Crippen molar-refractivity contribution in [3.05, 3.63) is 24.0 Å². The molecule has 1 unspecified atom stereocenters. The lowest BCUT2D eigenvalue weighted by Crippen LogP contribution is -2.23. The normalized spacial score (nSPS) is 20.5. The molecule has 1 aromatic carbocycles. The number of hydrogen-bond acceptors (Lipinski definition) is 4. The Morgan fingerprint density at radius 1 is 1.33 bits per heavy atom. The largest absolute Gasteiger partial charge is 0.378 e. The molecule has 1 aromatic rings. The maximum Gasteiger partial charge on any atom is 0.226 e. The molecule has 24 heavy (non-hydrogen) atoms. The summed E-state index contributed by atoms with van der Waals surface area (Å²) in [5, 5.41) is 2.72. The molecule has 0 radical (unpaired) electrons. The number of nitrogens with one attached hydrogen (secondary N) is 1. The lowest BCUT2D eigenvalue weighted by molar-refractivity contribution is -0.117. The number of amides is 1. The molecule has 0 spiro atoms. The zero-order valence-electron chi connectivity index (χ0n) is 13.9. The molecular formula is C18H25FN2O3. The highest BCUT2D eigenvalue weighted by Crippen LogP contribution is 2.31. The first-order valence-electron chi connectivity index (χ1n) is 8.76. The van der Waals surface area contributed by atoms with Crippen molar-refractivity contribution < 1.29 is 18.7 Å². The first-order chi connectivity index (χ1) is 11.7. The zero-order chi connectivity index (χ0) is 16.8. The maximum atomic E-state index is 14.2. The maximum absolute atomic E-state index is 14.2. The van der Waals surface area contributed by atoms with Gasteiger partial charge in [-0.15, -0.1) is 0 Å². The Kier molecular flexibility index (Phi) is 6.04. The molecule has 0 aromatic heterocycles. The van der Waals surface area contributed by atoms with Gasteiger partial charge in [-0.25, -0.2) is 4.39 Å². The lowest BCUT2D eigenvalue weighted by atomic mass is 10.2. The van der Waals surface area contributed by atoms with Gasteiger partial charge >= 0.3 is 0 Å². The molecule has 1 amide bonds. The Bertz CT molecular complexity index is 555. The fourth-order valence-corrected chi connectivity index (χ4v) is 3.22. The van der Waals surface area contributed by atoms with E-state index in [1.165, 1.54) is 6.07 Å². The molecule has 3 rings (SSSR count). The monoisotopic (exact) mass is 336 g/mol. The summed E-state index contributed by atoms with van der Waals surface area (Å²) in [6.07, 6.45) is 4.64. The molecule has 2 saturated heterocycles. The molecular weight excluding hydrogens is 311 g/mol. The predicted octanol–water partition coefficient (Wildman–Crippen LogP) is 2.95.